The lowest BCUT2D eigenvalue weighted by Gasteiger charge is -2.24. The minimum absolute atomic E-state index is 0.0181. The number of benzene rings is 2. The van der Waals surface area contributed by atoms with E-state index in [1.54, 1.807) is 50.7 Å². The summed E-state index contributed by atoms with van der Waals surface area (Å²) in [4.78, 5) is 44.1. The molecular formula is C30H27N3O6S2. The summed E-state index contributed by atoms with van der Waals surface area (Å²) in [6, 6.07) is 13.8. The molecule has 41 heavy (non-hydrogen) atoms. The van der Waals surface area contributed by atoms with Gasteiger partial charge in [-0.15, -0.1) is 11.8 Å². The molecule has 1 aliphatic rings. The van der Waals surface area contributed by atoms with Crippen molar-refractivity contribution < 1.29 is 18.9 Å². The largest absolute Gasteiger partial charge is 0.463 e. The van der Waals surface area contributed by atoms with E-state index < -0.39 is 16.9 Å². The number of fused-ring (bicyclic) bond motifs is 1. The van der Waals surface area contributed by atoms with Crippen LogP contribution in [0.1, 0.15) is 42.3 Å². The van der Waals surface area contributed by atoms with E-state index in [-0.39, 0.29) is 17.9 Å². The number of hydrogen-bond donors (Lipinski definition) is 0. The maximum atomic E-state index is 13.8. The second-order valence-corrected chi connectivity index (χ2v) is 11.4. The zero-order valence-corrected chi connectivity index (χ0v) is 24.7. The second kappa shape index (κ2) is 11.3. The van der Waals surface area contributed by atoms with Gasteiger partial charge in [0.15, 0.2) is 4.80 Å². The molecule has 0 spiro atoms. The molecule has 5 rings (SSSR count). The van der Waals surface area contributed by atoms with Crippen LogP contribution >= 0.6 is 23.1 Å². The molecule has 0 fully saturated rings. The number of nitro benzene ring substituents is 1. The summed E-state index contributed by atoms with van der Waals surface area (Å²) in [6.45, 7) is 7.20. The number of nitrogens with zero attached hydrogens (tertiary/aromatic N) is 3. The Labute approximate surface area is 243 Å². The number of nitro groups is 1. The molecule has 2 aromatic heterocycles. The third-order valence-corrected chi connectivity index (χ3v) is 8.70. The van der Waals surface area contributed by atoms with Crippen LogP contribution in [0, 0.1) is 24.0 Å². The van der Waals surface area contributed by atoms with Gasteiger partial charge < -0.3 is 9.15 Å². The van der Waals surface area contributed by atoms with Gasteiger partial charge in [0, 0.05) is 28.2 Å². The first-order valence-corrected chi connectivity index (χ1v) is 14.9. The molecule has 210 valence electrons. The number of thiazole rings is 1. The number of esters is 1. The summed E-state index contributed by atoms with van der Waals surface area (Å²) in [5.41, 5.74) is 3.23. The first-order chi connectivity index (χ1) is 19.6. The fraction of sp³-hybridized carbons (Fsp3) is 0.233. The van der Waals surface area contributed by atoms with Gasteiger partial charge in [-0.05, 0) is 75.4 Å². The summed E-state index contributed by atoms with van der Waals surface area (Å²) in [7, 11) is 0. The van der Waals surface area contributed by atoms with E-state index in [1.807, 2.05) is 43.5 Å². The molecule has 9 nitrogen and oxygen atoms in total. The SMILES string of the molecule is CCOC(=O)C1=C(C)N=c2sc(=Cc3ccc(-c4cc(C)c(C)c([N+](=O)[O-])c4)o3)c(=O)n2C1c1ccc(SC)cc1. The highest BCUT2D eigenvalue weighted by molar-refractivity contribution is 7.98. The van der Waals surface area contributed by atoms with Crippen LogP contribution in [-0.2, 0) is 9.53 Å². The minimum Gasteiger partial charge on any atom is -0.463 e. The Bertz CT molecular complexity index is 1900. The van der Waals surface area contributed by atoms with Crippen molar-refractivity contribution in [2.24, 2.45) is 4.99 Å². The van der Waals surface area contributed by atoms with Gasteiger partial charge in [0.25, 0.3) is 11.2 Å². The van der Waals surface area contributed by atoms with Crippen LogP contribution in [0.25, 0.3) is 17.4 Å². The second-order valence-electron chi connectivity index (χ2n) is 9.47. The molecule has 1 aliphatic heterocycles. The van der Waals surface area contributed by atoms with E-state index >= 15 is 0 Å². The number of carbonyl (C=O) groups is 1. The molecule has 0 saturated heterocycles. The number of hydrogen-bond acceptors (Lipinski definition) is 9. The Kier molecular flexibility index (Phi) is 7.83. The molecule has 0 bridgehead atoms. The van der Waals surface area contributed by atoms with Crippen molar-refractivity contribution in [1.29, 1.82) is 0 Å². The third kappa shape index (κ3) is 5.30. The molecule has 1 atom stereocenters. The molecule has 4 aromatic rings. The smallest absolute Gasteiger partial charge is 0.338 e. The number of aryl methyl sites for hydroxylation is 1. The molecule has 0 saturated carbocycles. The van der Waals surface area contributed by atoms with Crippen molar-refractivity contribution >= 4 is 40.8 Å². The van der Waals surface area contributed by atoms with E-state index in [0.29, 0.717) is 43.3 Å². The number of furan rings is 1. The predicted octanol–water partition coefficient (Wildman–Crippen LogP) is 5.31. The van der Waals surface area contributed by atoms with Gasteiger partial charge in [0.1, 0.15) is 11.5 Å². The fourth-order valence-corrected chi connectivity index (χ4v) is 6.22. The number of rotatable bonds is 7. The van der Waals surface area contributed by atoms with Gasteiger partial charge in [-0.25, -0.2) is 9.79 Å². The van der Waals surface area contributed by atoms with Crippen LogP contribution in [0.15, 0.2) is 78.9 Å². The molecule has 0 radical (unpaired) electrons. The van der Waals surface area contributed by atoms with E-state index in [2.05, 4.69) is 4.99 Å². The lowest BCUT2D eigenvalue weighted by Crippen LogP contribution is -2.39. The summed E-state index contributed by atoms with van der Waals surface area (Å²) < 4.78 is 13.3. The van der Waals surface area contributed by atoms with Gasteiger partial charge >= 0.3 is 5.97 Å². The van der Waals surface area contributed by atoms with Crippen molar-refractivity contribution in [2.45, 2.75) is 38.6 Å². The number of aromatic nitrogens is 1. The summed E-state index contributed by atoms with van der Waals surface area (Å²) in [5, 5.41) is 11.5. The van der Waals surface area contributed by atoms with Gasteiger partial charge in [-0.3, -0.25) is 19.5 Å². The Morgan fingerprint density at radius 1 is 1.20 bits per heavy atom. The first-order valence-electron chi connectivity index (χ1n) is 12.8. The number of allylic oxidation sites excluding steroid dienone is 1. The molecule has 0 N–H and O–H groups in total. The van der Waals surface area contributed by atoms with Crippen molar-refractivity contribution in [2.75, 3.05) is 12.9 Å². The fourth-order valence-electron chi connectivity index (χ4n) is 4.78. The molecular weight excluding hydrogens is 562 g/mol. The summed E-state index contributed by atoms with van der Waals surface area (Å²) >= 11 is 2.80. The predicted molar refractivity (Wildman–Crippen MR) is 159 cm³/mol. The van der Waals surface area contributed by atoms with E-state index in [0.717, 1.165) is 16.0 Å². The van der Waals surface area contributed by atoms with Crippen molar-refractivity contribution in [3.63, 3.8) is 0 Å². The van der Waals surface area contributed by atoms with Gasteiger partial charge in [0.05, 0.1) is 33.4 Å². The highest BCUT2D eigenvalue weighted by atomic mass is 32.2. The molecule has 0 aliphatic carbocycles. The van der Waals surface area contributed by atoms with Gasteiger partial charge in [-0.2, -0.15) is 0 Å². The van der Waals surface area contributed by atoms with Crippen molar-refractivity contribution in [3.8, 4) is 11.3 Å². The van der Waals surface area contributed by atoms with Gasteiger partial charge in [-0.1, -0.05) is 23.5 Å². The van der Waals surface area contributed by atoms with Crippen molar-refractivity contribution in [1.82, 2.24) is 4.57 Å². The zero-order valence-electron chi connectivity index (χ0n) is 23.1. The maximum absolute atomic E-state index is 13.8. The van der Waals surface area contributed by atoms with E-state index in [4.69, 9.17) is 9.15 Å². The van der Waals surface area contributed by atoms with E-state index in [9.17, 15) is 19.7 Å². The van der Waals surface area contributed by atoms with Crippen LogP contribution in [0.3, 0.4) is 0 Å². The lowest BCUT2D eigenvalue weighted by molar-refractivity contribution is -0.385. The Morgan fingerprint density at radius 2 is 1.93 bits per heavy atom. The highest BCUT2D eigenvalue weighted by Crippen LogP contribution is 2.33. The lowest BCUT2D eigenvalue weighted by atomic mass is 9.96. The first kappa shape index (κ1) is 28.3. The van der Waals surface area contributed by atoms with Crippen LogP contribution in [0.2, 0.25) is 0 Å². The number of carbonyl (C=O) groups excluding carboxylic acids is 1. The average Bonchev–Trinajstić information content (AvgIpc) is 3.53. The molecule has 0 amide bonds. The normalized spacial score (nSPS) is 15.0. The number of ether oxygens (including phenoxy) is 1. The van der Waals surface area contributed by atoms with Crippen LogP contribution in [0.4, 0.5) is 5.69 Å². The van der Waals surface area contributed by atoms with Crippen LogP contribution in [-0.4, -0.2) is 28.3 Å². The van der Waals surface area contributed by atoms with Crippen molar-refractivity contribution in [3.05, 3.63) is 112 Å². The molecule has 3 heterocycles. The maximum Gasteiger partial charge on any atom is 0.338 e. The minimum atomic E-state index is -0.702. The quantitative estimate of drug-likeness (QED) is 0.124. The molecule has 11 heteroatoms. The summed E-state index contributed by atoms with van der Waals surface area (Å²) in [5.74, 6) is 0.343. The Hall–Kier alpha value is -4.22. The molecule has 1 unspecified atom stereocenters. The standard InChI is InChI=1S/C30H27N3O6S2/c1-6-38-29(35)26-18(4)31-30-32(27(26)19-7-10-22(40-5)11-8-19)28(34)25(41-30)15-21-9-12-24(39-21)20-13-16(2)17(3)23(14-20)33(36)37/h7-15,27H,6H2,1-5H3. The Balaban J connectivity index is 1.62. The molecule has 2 aromatic carbocycles. The van der Waals surface area contributed by atoms with Gasteiger partial charge in [0.2, 0.25) is 0 Å². The topological polar surface area (TPSA) is 117 Å². The zero-order chi connectivity index (χ0) is 29.4. The van der Waals surface area contributed by atoms with E-state index in [1.165, 1.54) is 22.0 Å². The monoisotopic (exact) mass is 589 g/mol. The highest BCUT2D eigenvalue weighted by Gasteiger charge is 2.33. The van der Waals surface area contributed by atoms with Crippen LogP contribution < -0.4 is 14.9 Å². The number of thioether (sulfide) groups is 1. The average molecular weight is 590 g/mol. The Morgan fingerprint density at radius 3 is 2.59 bits per heavy atom. The van der Waals surface area contributed by atoms with Crippen LogP contribution in [0.5, 0.6) is 0 Å². The summed E-state index contributed by atoms with van der Waals surface area (Å²) in [6.07, 6.45) is 3.60. The third-order valence-electron chi connectivity index (χ3n) is 6.97.